The summed E-state index contributed by atoms with van der Waals surface area (Å²) >= 11 is 0. The molecule has 4 rings (SSSR count). The first kappa shape index (κ1) is 16.8. The third-order valence-electron chi connectivity index (χ3n) is 5.95. The second kappa shape index (κ2) is 6.94. The Hall–Kier alpha value is -1.63. The van der Waals surface area contributed by atoms with Crippen molar-refractivity contribution in [2.45, 2.75) is 44.3 Å². The van der Waals surface area contributed by atoms with Crippen molar-refractivity contribution in [1.82, 2.24) is 16.2 Å². The van der Waals surface area contributed by atoms with Gasteiger partial charge in [0.1, 0.15) is 11.8 Å². The first-order valence-electron chi connectivity index (χ1n) is 9.38. The highest BCUT2D eigenvalue weighted by Crippen LogP contribution is 2.38. The van der Waals surface area contributed by atoms with Gasteiger partial charge in [0.05, 0.1) is 7.11 Å². The van der Waals surface area contributed by atoms with Crippen LogP contribution in [0.4, 0.5) is 5.69 Å². The normalized spacial score (nSPS) is 29.8. The van der Waals surface area contributed by atoms with E-state index < -0.39 is 0 Å². The Balaban J connectivity index is 1.59. The van der Waals surface area contributed by atoms with Crippen LogP contribution in [0.2, 0.25) is 0 Å². The number of carbonyl (C=O) groups is 1. The van der Waals surface area contributed by atoms with E-state index in [0.29, 0.717) is 17.9 Å². The molecule has 3 aliphatic rings. The largest absolute Gasteiger partial charge is 0.497 e. The van der Waals surface area contributed by atoms with Crippen LogP contribution in [0.5, 0.6) is 5.75 Å². The van der Waals surface area contributed by atoms with Gasteiger partial charge in [0.2, 0.25) is 5.91 Å². The van der Waals surface area contributed by atoms with Gasteiger partial charge in [0.25, 0.3) is 0 Å². The van der Waals surface area contributed by atoms with Gasteiger partial charge in [0, 0.05) is 30.2 Å². The number of carbonyl (C=O) groups excluding carboxylic acids is 1. The number of anilines is 1. The first-order chi connectivity index (χ1) is 12.2. The number of hydrogen-bond donors (Lipinski definition) is 3. The van der Waals surface area contributed by atoms with Crippen LogP contribution < -0.4 is 25.8 Å². The average Bonchev–Trinajstić information content (AvgIpc) is 3.41. The molecule has 6 nitrogen and oxygen atoms in total. The van der Waals surface area contributed by atoms with Gasteiger partial charge < -0.3 is 15.0 Å². The summed E-state index contributed by atoms with van der Waals surface area (Å²) in [7, 11) is 1.66. The summed E-state index contributed by atoms with van der Waals surface area (Å²) in [6.45, 7) is 4.07. The van der Waals surface area contributed by atoms with Crippen LogP contribution in [-0.4, -0.2) is 44.2 Å². The maximum Gasteiger partial charge on any atom is 0.246 e. The third kappa shape index (κ3) is 3.26. The van der Waals surface area contributed by atoms with E-state index in [-0.39, 0.29) is 18.0 Å². The van der Waals surface area contributed by atoms with E-state index >= 15 is 0 Å². The van der Waals surface area contributed by atoms with Gasteiger partial charge in [-0.1, -0.05) is 0 Å². The number of fused-ring (bicyclic) bond motifs is 1. The highest BCUT2D eigenvalue weighted by Gasteiger charge is 2.45. The third-order valence-corrected chi connectivity index (χ3v) is 5.95. The van der Waals surface area contributed by atoms with Gasteiger partial charge in [0.15, 0.2) is 0 Å². The van der Waals surface area contributed by atoms with Crippen LogP contribution >= 0.6 is 0 Å². The summed E-state index contributed by atoms with van der Waals surface area (Å²) in [5, 5.41) is 3.43. The number of rotatable bonds is 5. The number of hydrogen-bond acceptors (Lipinski definition) is 5. The maximum atomic E-state index is 13.5. The van der Waals surface area contributed by atoms with Gasteiger partial charge in [-0.2, -0.15) is 0 Å². The first-order valence-corrected chi connectivity index (χ1v) is 9.38. The van der Waals surface area contributed by atoms with Gasteiger partial charge >= 0.3 is 0 Å². The van der Waals surface area contributed by atoms with Gasteiger partial charge in [-0.15, -0.1) is 0 Å². The Bertz CT molecular complexity index is 616. The van der Waals surface area contributed by atoms with Crippen LogP contribution in [0, 0.1) is 11.8 Å². The number of amides is 1. The van der Waals surface area contributed by atoms with E-state index in [1.165, 1.54) is 12.8 Å². The molecule has 0 radical (unpaired) electrons. The van der Waals surface area contributed by atoms with Crippen molar-refractivity contribution in [2.24, 2.45) is 11.8 Å². The summed E-state index contributed by atoms with van der Waals surface area (Å²) < 4.78 is 5.27. The Morgan fingerprint density at radius 2 is 1.96 bits per heavy atom. The molecule has 136 valence electrons. The van der Waals surface area contributed by atoms with Crippen LogP contribution in [0.1, 0.15) is 26.2 Å². The van der Waals surface area contributed by atoms with Crippen LogP contribution in [0.3, 0.4) is 0 Å². The number of ether oxygens (including phenoxy) is 1. The Labute approximate surface area is 149 Å². The van der Waals surface area contributed by atoms with Crippen molar-refractivity contribution in [3.8, 4) is 5.75 Å². The minimum atomic E-state index is -0.180. The maximum absolute atomic E-state index is 13.5. The Morgan fingerprint density at radius 1 is 1.20 bits per heavy atom. The molecule has 6 heteroatoms. The van der Waals surface area contributed by atoms with E-state index in [4.69, 9.17) is 4.74 Å². The van der Waals surface area contributed by atoms with Gasteiger partial charge in [-0.25, -0.2) is 5.43 Å². The summed E-state index contributed by atoms with van der Waals surface area (Å²) in [6, 6.07) is 8.27. The number of methoxy groups -OCH3 is 1. The fraction of sp³-hybridized carbons (Fsp3) is 0.632. The number of nitrogens with one attached hydrogen (secondary N) is 3. The molecular weight excluding hydrogens is 316 g/mol. The molecule has 2 aliphatic heterocycles. The van der Waals surface area contributed by atoms with Crippen molar-refractivity contribution < 1.29 is 9.53 Å². The van der Waals surface area contributed by atoms with Gasteiger partial charge in [-0.3, -0.25) is 10.2 Å². The lowest BCUT2D eigenvalue weighted by molar-refractivity contribution is -0.121. The predicted molar refractivity (Wildman–Crippen MR) is 97.5 cm³/mol. The highest BCUT2D eigenvalue weighted by molar-refractivity contribution is 5.98. The second-order valence-electron chi connectivity index (χ2n) is 7.51. The molecule has 1 saturated carbocycles. The second-order valence-corrected chi connectivity index (χ2v) is 7.51. The predicted octanol–water partition coefficient (Wildman–Crippen LogP) is 1.28. The fourth-order valence-electron chi connectivity index (χ4n) is 4.21. The van der Waals surface area contributed by atoms with Crippen molar-refractivity contribution >= 4 is 11.6 Å². The lowest BCUT2D eigenvalue weighted by Crippen LogP contribution is -2.53. The number of benzene rings is 1. The molecule has 3 N–H and O–H groups in total. The van der Waals surface area contributed by atoms with Crippen LogP contribution in [0.15, 0.2) is 24.3 Å². The zero-order chi connectivity index (χ0) is 17.4. The lowest BCUT2D eigenvalue weighted by Gasteiger charge is -2.34. The molecule has 1 amide bonds. The molecule has 1 aromatic rings. The minimum Gasteiger partial charge on any atom is -0.497 e. The molecule has 25 heavy (non-hydrogen) atoms. The fourth-order valence-corrected chi connectivity index (χ4v) is 4.21. The van der Waals surface area contributed by atoms with E-state index in [1.807, 2.05) is 29.2 Å². The standard InChI is InChI=1S/C19H28N4O2/c1-12(13-3-4-13)23(14-5-7-15(25-2)8-6-14)19(24)18-16-11-20-10-9-17(16)21-22-18/h5-8,12-13,16-18,20-22H,3-4,9-11H2,1-2H3. The van der Waals surface area contributed by atoms with E-state index in [2.05, 4.69) is 23.1 Å². The molecule has 0 spiro atoms. The summed E-state index contributed by atoms with van der Waals surface area (Å²) in [5.41, 5.74) is 7.58. The quantitative estimate of drug-likeness (QED) is 0.751. The van der Waals surface area contributed by atoms with Crippen LogP contribution in [0.25, 0.3) is 0 Å². The summed E-state index contributed by atoms with van der Waals surface area (Å²) in [4.78, 5) is 15.5. The van der Waals surface area contributed by atoms with Gasteiger partial charge in [-0.05, 0) is 62.9 Å². The van der Waals surface area contributed by atoms with Crippen molar-refractivity contribution in [3.05, 3.63) is 24.3 Å². The van der Waals surface area contributed by atoms with E-state index in [1.54, 1.807) is 7.11 Å². The number of hydrazine groups is 1. The van der Waals surface area contributed by atoms with Crippen molar-refractivity contribution in [1.29, 1.82) is 0 Å². The Morgan fingerprint density at radius 3 is 2.64 bits per heavy atom. The molecule has 4 atom stereocenters. The summed E-state index contributed by atoms with van der Waals surface area (Å²) in [5.74, 6) is 1.90. The minimum absolute atomic E-state index is 0.174. The molecule has 1 aromatic carbocycles. The number of piperidine rings is 1. The molecule has 3 fully saturated rings. The lowest BCUT2D eigenvalue weighted by atomic mass is 9.88. The van der Waals surface area contributed by atoms with E-state index in [9.17, 15) is 4.79 Å². The number of nitrogens with zero attached hydrogens (tertiary/aromatic N) is 1. The zero-order valence-electron chi connectivity index (χ0n) is 15.0. The van der Waals surface area contributed by atoms with Crippen molar-refractivity contribution in [3.63, 3.8) is 0 Å². The molecule has 4 unspecified atom stereocenters. The van der Waals surface area contributed by atoms with Crippen molar-refractivity contribution in [2.75, 3.05) is 25.1 Å². The zero-order valence-corrected chi connectivity index (χ0v) is 15.0. The average molecular weight is 344 g/mol. The molecule has 0 bridgehead atoms. The highest BCUT2D eigenvalue weighted by atomic mass is 16.5. The van der Waals surface area contributed by atoms with E-state index in [0.717, 1.165) is 30.9 Å². The molecular formula is C19H28N4O2. The molecule has 0 aromatic heterocycles. The smallest absolute Gasteiger partial charge is 0.246 e. The monoisotopic (exact) mass is 344 g/mol. The molecule has 1 aliphatic carbocycles. The SMILES string of the molecule is COc1ccc(N(C(=O)C2NNC3CCNCC32)C(C)C2CC2)cc1. The summed E-state index contributed by atoms with van der Waals surface area (Å²) in [6.07, 6.45) is 3.48. The Kier molecular flexibility index (Phi) is 4.67. The van der Waals surface area contributed by atoms with Crippen LogP contribution in [-0.2, 0) is 4.79 Å². The molecule has 2 heterocycles. The molecule has 2 saturated heterocycles. The topological polar surface area (TPSA) is 65.6 Å².